The zero-order valence-electron chi connectivity index (χ0n) is 11.5. The highest BCUT2D eigenvalue weighted by Crippen LogP contribution is 2.16. The molecule has 0 saturated carbocycles. The molecule has 0 aliphatic rings. The topological polar surface area (TPSA) is 54.5 Å². The third-order valence-corrected chi connectivity index (χ3v) is 3.17. The molecule has 2 rings (SSSR count). The molecule has 1 N–H and O–H groups in total. The van der Waals surface area contributed by atoms with Gasteiger partial charge in [0.05, 0.1) is 5.51 Å². The third-order valence-electron chi connectivity index (χ3n) is 2.58. The van der Waals surface area contributed by atoms with Gasteiger partial charge in [0.25, 0.3) is 5.91 Å². The number of hydrogen-bond acceptors (Lipinski definition) is 5. The van der Waals surface area contributed by atoms with Gasteiger partial charge >= 0.3 is 0 Å². The van der Waals surface area contributed by atoms with Crippen molar-refractivity contribution in [2.75, 3.05) is 32.6 Å². The molecule has 0 spiro atoms. The summed E-state index contributed by atoms with van der Waals surface area (Å²) in [5.41, 5.74) is 2.79. The predicted octanol–water partition coefficient (Wildman–Crippen LogP) is 2.34. The molecule has 106 valence electrons. The summed E-state index contributed by atoms with van der Waals surface area (Å²) in [6, 6.07) is 7.31. The van der Waals surface area contributed by atoms with E-state index >= 15 is 0 Å². The van der Waals surface area contributed by atoms with Gasteiger partial charge in [0.1, 0.15) is 18.1 Å². The Labute approximate surface area is 122 Å². The maximum Gasteiger partial charge on any atom is 0.275 e. The van der Waals surface area contributed by atoms with Gasteiger partial charge in [-0.05, 0) is 38.4 Å². The second kappa shape index (κ2) is 7.02. The van der Waals surface area contributed by atoms with E-state index in [2.05, 4.69) is 15.2 Å². The fourth-order valence-corrected chi connectivity index (χ4v) is 2.03. The Morgan fingerprint density at radius 2 is 2.10 bits per heavy atom. The standard InChI is InChI=1S/C14H17N3O2S/c1-17(2)7-8-19-12-5-3-11(4-6-12)16-14(18)13-9-20-10-15-13/h3-6,9-10H,7-8H2,1-2H3,(H,16,18). The van der Waals surface area contributed by atoms with Crippen LogP contribution >= 0.6 is 11.3 Å². The number of amides is 1. The number of carbonyl (C=O) groups excluding carboxylic acids is 1. The smallest absolute Gasteiger partial charge is 0.275 e. The number of ether oxygens (including phenoxy) is 1. The lowest BCUT2D eigenvalue weighted by Gasteiger charge is -2.11. The molecule has 0 atom stereocenters. The summed E-state index contributed by atoms with van der Waals surface area (Å²) in [6.07, 6.45) is 0. The zero-order chi connectivity index (χ0) is 14.4. The van der Waals surface area contributed by atoms with E-state index in [1.165, 1.54) is 11.3 Å². The number of likely N-dealkylation sites (N-methyl/N-ethyl adjacent to an activating group) is 1. The SMILES string of the molecule is CN(C)CCOc1ccc(NC(=O)c2cscn2)cc1. The minimum absolute atomic E-state index is 0.201. The highest BCUT2D eigenvalue weighted by atomic mass is 32.1. The number of rotatable bonds is 6. The van der Waals surface area contributed by atoms with Crippen LogP contribution < -0.4 is 10.1 Å². The van der Waals surface area contributed by atoms with Gasteiger partial charge in [-0.1, -0.05) is 0 Å². The summed E-state index contributed by atoms with van der Waals surface area (Å²) in [7, 11) is 4.00. The van der Waals surface area contributed by atoms with E-state index in [0.29, 0.717) is 12.3 Å². The molecule has 0 aliphatic heterocycles. The Morgan fingerprint density at radius 1 is 1.35 bits per heavy atom. The average Bonchev–Trinajstić information content (AvgIpc) is 2.94. The van der Waals surface area contributed by atoms with Crippen LogP contribution in [0.2, 0.25) is 0 Å². The molecule has 6 heteroatoms. The quantitative estimate of drug-likeness (QED) is 0.887. The number of aromatic nitrogens is 1. The normalized spacial score (nSPS) is 10.6. The molecule has 1 amide bonds. The van der Waals surface area contributed by atoms with E-state index in [1.807, 2.05) is 38.4 Å². The van der Waals surface area contributed by atoms with Crippen molar-refractivity contribution in [2.45, 2.75) is 0 Å². The Kier molecular flexibility index (Phi) is 5.09. The lowest BCUT2D eigenvalue weighted by atomic mass is 10.3. The van der Waals surface area contributed by atoms with Crippen molar-refractivity contribution in [3.63, 3.8) is 0 Å². The number of nitrogens with one attached hydrogen (secondary N) is 1. The Bertz CT molecular complexity index is 538. The molecular weight excluding hydrogens is 274 g/mol. The molecule has 0 unspecified atom stereocenters. The number of hydrogen-bond donors (Lipinski definition) is 1. The van der Waals surface area contributed by atoms with Gasteiger partial charge in [0.2, 0.25) is 0 Å². The maximum atomic E-state index is 11.8. The van der Waals surface area contributed by atoms with Gasteiger partial charge in [-0.3, -0.25) is 4.79 Å². The van der Waals surface area contributed by atoms with E-state index in [9.17, 15) is 4.79 Å². The monoisotopic (exact) mass is 291 g/mol. The van der Waals surface area contributed by atoms with Gasteiger partial charge < -0.3 is 15.0 Å². The Balaban J connectivity index is 1.87. The molecule has 0 saturated heterocycles. The molecule has 0 aliphatic carbocycles. The summed E-state index contributed by atoms with van der Waals surface area (Å²) in [5, 5.41) is 4.50. The van der Waals surface area contributed by atoms with E-state index in [0.717, 1.165) is 18.0 Å². The van der Waals surface area contributed by atoms with Crippen molar-refractivity contribution < 1.29 is 9.53 Å². The minimum Gasteiger partial charge on any atom is -0.492 e. The van der Waals surface area contributed by atoms with E-state index in [4.69, 9.17) is 4.74 Å². The number of carbonyl (C=O) groups is 1. The highest BCUT2D eigenvalue weighted by Gasteiger charge is 2.07. The van der Waals surface area contributed by atoms with E-state index in [1.54, 1.807) is 10.9 Å². The van der Waals surface area contributed by atoms with E-state index in [-0.39, 0.29) is 5.91 Å². The zero-order valence-corrected chi connectivity index (χ0v) is 12.3. The van der Waals surface area contributed by atoms with Crippen LogP contribution in [0.5, 0.6) is 5.75 Å². The van der Waals surface area contributed by atoms with Crippen molar-refractivity contribution in [1.29, 1.82) is 0 Å². The largest absolute Gasteiger partial charge is 0.492 e. The van der Waals surface area contributed by atoms with Crippen LogP contribution in [0.15, 0.2) is 35.2 Å². The van der Waals surface area contributed by atoms with Crippen LogP contribution in [0, 0.1) is 0 Å². The van der Waals surface area contributed by atoms with Gasteiger partial charge in [-0.25, -0.2) is 4.98 Å². The molecule has 0 radical (unpaired) electrons. The molecule has 2 aromatic rings. The first kappa shape index (κ1) is 14.5. The van der Waals surface area contributed by atoms with E-state index < -0.39 is 0 Å². The molecule has 20 heavy (non-hydrogen) atoms. The third kappa shape index (κ3) is 4.32. The number of thiazole rings is 1. The van der Waals surface area contributed by atoms with Crippen molar-refractivity contribution in [3.8, 4) is 5.75 Å². The molecule has 1 aromatic heterocycles. The fourth-order valence-electron chi connectivity index (χ4n) is 1.50. The molecule has 1 aromatic carbocycles. The Hall–Kier alpha value is -1.92. The van der Waals surface area contributed by atoms with Gasteiger partial charge in [-0.2, -0.15) is 0 Å². The molecular formula is C14H17N3O2S. The second-order valence-corrected chi connectivity index (χ2v) is 5.22. The summed E-state index contributed by atoms with van der Waals surface area (Å²) in [4.78, 5) is 17.8. The fraction of sp³-hybridized carbons (Fsp3) is 0.286. The van der Waals surface area contributed by atoms with Crippen molar-refractivity contribution in [3.05, 3.63) is 40.8 Å². The molecule has 5 nitrogen and oxygen atoms in total. The first-order valence-electron chi connectivity index (χ1n) is 6.22. The average molecular weight is 291 g/mol. The minimum atomic E-state index is -0.201. The lowest BCUT2D eigenvalue weighted by Crippen LogP contribution is -2.19. The predicted molar refractivity (Wildman–Crippen MR) is 80.6 cm³/mol. The number of benzene rings is 1. The lowest BCUT2D eigenvalue weighted by molar-refractivity contribution is 0.102. The van der Waals surface area contributed by atoms with Crippen LogP contribution in [0.3, 0.4) is 0 Å². The molecule has 0 bridgehead atoms. The van der Waals surface area contributed by atoms with Crippen LogP contribution in [-0.2, 0) is 0 Å². The van der Waals surface area contributed by atoms with Gasteiger partial charge in [-0.15, -0.1) is 11.3 Å². The van der Waals surface area contributed by atoms with Crippen LogP contribution in [0.25, 0.3) is 0 Å². The number of anilines is 1. The summed E-state index contributed by atoms with van der Waals surface area (Å²) >= 11 is 1.40. The highest BCUT2D eigenvalue weighted by molar-refractivity contribution is 7.07. The Morgan fingerprint density at radius 3 is 2.70 bits per heavy atom. The first-order chi connectivity index (χ1) is 9.65. The summed E-state index contributed by atoms with van der Waals surface area (Å²) in [6.45, 7) is 1.50. The van der Waals surface area contributed by atoms with Crippen LogP contribution in [-0.4, -0.2) is 43.0 Å². The van der Waals surface area contributed by atoms with Crippen molar-refractivity contribution in [2.24, 2.45) is 0 Å². The molecule has 1 heterocycles. The van der Waals surface area contributed by atoms with Crippen molar-refractivity contribution in [1.82, 2.24) is 9.88 Å². The van der Waals surface area contributed by atoms with Gasteiger partial charge in [0, 0.05) is 17.6 Å². The first-order valence-corrected chi connectivity index (χ1v) is 7.16. The maximum absolute atomic E-state index is 11.8. The van der Waals surface area contributed by atoms with Gasteiger partial charge in [0.15, 0.2) is 0 Å². The summed E-state index contributed by atoms with van der Waals surface area (Å²) < 4.78 is 5.58. The molecule has 0 fully saturated rings. The van der Waals surface area contributed by atoms with Crippen LogP contribution in [0.4, 0.5) is 5.69 Å². The van der Waals surface area contributed by atoms with Crippen molar-refractivity contribution >= 4 is 22.9 Å². The number of nitrogens with zero attached hydrogens (tertiary/aromatic N) is 2. The second-order valence-electron chi connectivity index (χ2n) is 4.50. The summed E-state index contributed by atoms with van der Waals surface area (Å²) in [5.74, 6) is 0.589. The van der Waals surface area contributed by atoms with Crippen LogP contribution in [0.1, 0.15) is 10.5 Å².